The van der Waals surface area contributed by atoms with E-state index in [2.05, 4.69) is 43.9 Å². The van der Waals surface area contributed by atoms with E-state index in [0.717, 1.165) is 12.4 Å². The van der Waals surface area contributed by atoms with Gasteiger partial charge in [-0.25, -0.2) is 0 Å². The van der Waals surface area contributed by atoms with Crippen molar-refractivity contribution in [2.45, 2.75) is 25.7 Å². The first-order valence-electron chi connectivity index (χ1n) is 6.74. The molecule has 0 aromatic heterocycles. The van der Waals surface area contributed by atoms with Gasteiger partial charge in [0.2, 0.25) is 0 Å². The van der Waals surface area contributed by atoms with Crippen molar-refractivity contribution in [1.29, 1.82) is 0 Å². The van der Waals surface area contributed by atoms with Crippen molar-refractivity contribution < 1.29 is 9.47 Å². The Bertz CT molecular complexity index is 532. The third-order valence-corrected chi connectivity index (χ3v) is 4.73. The van der Waals surface area contributed by atoms with Gasteiger partial charge in [-0.3, -0.25) is 0 Å². The molecule has 0 spiro atoms. The van der Waals surface area contributed by atoms with Crippen LogP contribution in [0.25, 0.3) is 10.8 Å². The van der Waals surface area contributed by atoms with Gasteiger partial charge in [-0.15, -0.1) is 0 Å². The summed E-state index contributed by atoms with van der Waals surface area (Å²) >= 11 is 0. The highest BCUT2D eigenvalue weighted by Gasteiger charge is 2.11. The fraction of sp³-hybridized carbons (Fsp3) is 0.375. The van der Waals surface area contributed by atoms with Gasteiger partial charge >= 0.3 is 0 Å². The second kappa shape index (κ2) is 6.22. The van der Waals surface area contributed by atoms with Crippen LogP contribution in [-0.2, 0) is 4.74 Å². The first-order chi connectivity index (χ1) is 9.04. The van der Waals surface area contributed by atoms with Crippen LogP contribution in [0.5, 0.6) is 5.75 Å². The molecule has 2 aromatic carbocycles. The van der Waals surface area contributed by atoms with Crippen LogP contribution in [-0.4, -0.2) is 21.5 Å². The molecule has 0 radical (unpaired) electrons. The van der Waals surface area contributed by atoms with E-state index in [0.29, 0.717) is 6.79 Å². The lowest BCUT2D eigenvalue weighted by molar-refractivity contribution is 0.0221. The highest BCUT2D eigenvalue weighted by atomic mass is 28.3. The maximum Gasteiger partial charge on any atom is 0.189 e. The maximum atomic E-state index is 5.62. The Morgan fingerprint density at radius 3 is 2.42 bits per heavy atom. The number of hydrogen-bond acceptors (Lipinski definition) is 2. The lowest BCUT2D eigenvalue weighted by Gasteiger charge is -2.15. The molecule has 19 heavy (non-hydrogen) atoms. The summed E-state index contributed by atoms with van der Waals surface area (Å²) in [5, 5.41) is 2.43. The summed E-state index contributed by atoms with van der Waals surface area (Å²) in [7, 11) is -1.00. The van der Waals surface area contributed by atoms with Crippen LogP contribution in [0.4, 0.5) is 0 Å². The van der Waals surface area contributed by atoms with Crippen molar-refractivity contribution in [3.63, 3.8) is 0 Å². The van der Waals surface area contributed by atoms with E-state index in [4.69, 9.17) is 9.47 Å². The van der Waals surface area contributed by atoms with Crippen LogP contribution < -0.4 is 4.74 Å². The van der Waals surface area contributed by atoms with Crippen LogP contribution in [0.3, 0.4) is 0 Å². The second-order valence-corrected chi connectivity index (χ2v) is 11.6. The Balaban J connectivity index is 1.82. The van der Waals surface area contributed by atoms with Crippen LogP contribution >= 0.6 is 0 Å². The summed E-state index contributed by atoms with van der Waals surface area (Å²) in [6, 6.07) is 15.6. The minimum Gasteiger partial charge on any atom is -0.468 e. The van der Waals surface area contributed by atoms with Gasteiger partial charge in [0.15, 0.2) is 6.79 Å². The smallest absolute Gasteiger partial charge is 0.189 e. The minimum atomic E-state index is -1.00. The quantitative estimate of drug-likeness (QED) is 0.438. The van der Waals surface area contributed by atoms with Gasteiger partial charge in [0.25, 0.3) is 0 Å². The second-order valence-electron chi connectivity index (χ2n) is 5.99. The zero-order chi connectivity index (χ0) is 13.7. The molecule has 102 valence electrons. The molecule has 0 N–H and O–H groups in total. The highest BCUT2D eigenvalue weighted by Crippen LogP contribution is 2.20. The molecular weight excluding hydrogens is 252 g/mol. The number of ether oxygens (including phenoxy) is 2. The molecular formula is C16H22O2Si. The van der Waals surface area contributed by atoms with E-state index in [1.54, 1.807) is 0 Å². The van der Waals surface area contributed by atoms with Crippen molar-refractivity contribution in [2.75, 3.05) is 13.4 Å². The maximum absolute atomic E-state index is 5.62. The first-order valence-corrected chi connectivity index (χ1v) is 10.4. The first kappa shape index (κ1) is 14.1. The number of hydrogen-bond donors (Lipinski definition) is 0. The van der Waals surface area contributed by atoms with Gasteiger partial charge in [0.05, 0.1) is 0 Å². The third-order valence-electron chi connectivity index (χ3n) is 3.03. The van der Waals surface area contributed by atoms with Crippen LogP contribution in [0.1, 0.15) is 0 Å². The molecule has 0 heterocycles. The predicted octanol–water partition coefficient (Wildman–Crippen LogP) is 4.53. The number of benzene rings is 2. The molecule has 0 atom stereocenters. The SMILES string of the molecule is C[Si](C)(C)CCOCOc1ccc2ccccc2c1. The summed E-state index contributed by atoms with van der Waals surface area (Å²) in [5.41, 5.74) is 0. The zero-order valence-electron chi connectivity index (χ0n) is 12.0. The Hall–Kier alpha value is -1.32. The number of fused-ring (bicyclic) bond motifs is 1. The zero-order valence-corrected chi connectivity index (χ0v) is 13.0. The number of rotatable bonds is 6. The van der Waals surface area contributed by atoms with Crippen LogP contribution in [0.2, 0.25) is 25.7 Å². The van der Waals surface area contributed by atoms with Crippen molar-refractivity contribution in [3.05, 3.63) is 42.5 Å². The van der Waals surface area contributed by atoms with Gasteiger partial charge in [-0.05, 0) is 28.9 Å². The van der Waals surface area contributed by atoms with Gasteiger partial charge in [-0.1, -0.05) is 50.0 Å². The molecule has 2 nitrogen and oxygen atoms in total. The van der Waals surface area contributed by atoms with Crippen molar-refractivity contribution in [2.24, 2.45) is 0 Å². The van der Waals surface area contributed by atoms with Crippen molar-refractivity contribution in [3.8, 4) is 5.75 Å². The Kier molecular flexibility index (Phi) is 4.61. The highest BCUT2D eigenvalue weighted by molar-refractivity contribution is 6.76. The van der Waals surface area contributed by atoms with Crippen molar-refractivity contribution in [1.82, 2.24) is 0 Å². The molecule has 0 aliphatic rings. The van der Waals surface area contributed by atoms with E-state index in [1.165, 1.54) is 16.8 Å². The lowest BCUT2D eigenvalue weighted by atomic mass is 10.1. The summed E-state index contributed by atoms with van der Waals surface area (Å²) in [6.07, 6.45) is 0. The van der Waals surface area contributed by atoms with Gasteiger partial charge < -0.3 is 9.47 Å². The van der Waals surface area contributed by atoms with E-state index < -0.39 is 8.07 Å². The van der Waals surface area contributed by atoms with E-state index in [-0.39, 0.29) is 0 Å². The molecule has 0 aliphatic carbocycles. The summed E-state index contributed by atoms with van der Waals surface area (Å²) < 4.78 is 11.2. The Morgan fingerprint density at radius 2 is 1.68 bits per heavy atom. The molecule has 0 aliphatic heterocycles. The molecule has 0 fully saturated rings. The molecule has 0 saturated heterocycles. The van der Waals surface area contributed by atoms with Gasteiger partial charge in [0.1, 0.15) is 5.75 Å². The third kappa shape index (κ3) is 4.69. The molecule has 2 rings (SSSR count). The molecule has 0 bridgehead atoms. The van der Waals surface area contributed by atoms with Gasteiger partial charge in [0, 0.05) is 14.7 Å². The molecule has 2 aromatic rings. The monoisotopic (exact) mass is 274 g/mol. The average Bonchev–Trinajstić information content (AvgIpc) is 2.37. The Labute approximate surface area is 116 Å². The van der Waals surface area contributed by atoms with E-state index >= 15 is 0 Å². The largest absolute Gasteiger partial charge is 0.468 e. The fourth-order valence-electron chi connectivity index (χ4n) is 1.80. The topological polar surface area (TPSA) is 18.5 Å². The lowest BCUT2D eigenvalue weighted by Crippen LogP contribution is -2.22. The minimum absolute atomic E-state index is 0.336. The fourth-order valence-corrected chi connectivity index (χ4v) is 2.56. The van der Waals surface area contributed by atoms with E-state index in [9.17, 15) is 0 Å². The summed E-state index contributed by atoms with van der Waals surface area (Å²) in [5.74, 6) is 0.867. The van der Waals surface area contributed by atoms with Crippen LogP contribution in [0.15, 0.2) is 42.5 Å². The van der Waals surface area contributed by atoms with E-state index in [1.807, 2.05) is 18.2 Å². The standard InChI is InChI=1S/C16H22O2Si/c1-19(2,3)11-10-17-13-18-16-9-8-14-6-4-5-7-15(14)12-16/h4-9,12H,10-11,13H2,1-3H3. The van der Waals surface area contributed by atoms with Gasteiger partial charge in [-0.2, -0.15) is 0 Å². The van der Waals surface area contributed by atoms with Crippen LogP contribution in [0, 0.1) is 0 Å². The van der Waals surface area contributed by atoms with Crippen molar-refractivity contribution >= 4 is 18.8 Å². The normalized spacial score (nSPS) is 11.7. The predicted molar refractivity (Wildman–Crippen MR) is 83.5 cm³/mol. The molecule has 3 heteroatoms. The summed E-state index contributed by atoms with van der Waals surface area (Å²) in [4.78, 5) is 0. The average molecular weight is 274 g/mol. The Morgan fingerprint density at radius 1 is 0.947 bits per heavy atom. The molecule has 0 unspecified atom stereocenters. The molecule has 0 saturated carbocycles. The molecule has 0 amide bonds. The summed E-state index contributed by atoms with van der Waals surface area (Å²) in [6.45, 7) is 8.17.